The Kier molecular flexibility index (Phi) is 3.44. The normalized spacial score (nSPS) is 15.3. The fraction of sp³-hybridized carbons (Fsp3) is 0.357. The number of hydrogen-bond acceptors (Lipinski definition) is 4. The standard InChI is InChI=1S/C14H15ClN2O2/c1-18-14-12-9-17(7-6-13(12)19-16-14)8-10-2-4-11(15)5-3-10/h2-5H,6-9H2,1H3. The largest absolute Gasteiger partial charge is 0.479 e. The fourth-order valence-corrected chi connectivity index (χ4v) is 2.51. The van der Waals surface area contributed by atoms with Crippen LogP contribution in [-0.2, 0) is 19.5 Å². The second-order valence-corrected chi connectivity index (χ2v) is 5.12. The Bertz CT molecular complexity index is 552. The minimum atomic E-state index is 0.607. The lowest BCUT2D eigenvalue weighted by atomic mass is 10.1. The van der Waals surface area contributed by atoms with Crippen molar-refractivity contribution >= 4 is 11.6 Å². The van der Waals surface area contributed by atoms with E-state index in [9.17, 15) is 0 Å². The molecule has 0 saturated heterocycles. The van der Waals surface area contributed by atoms with Gasteiger partial charge in [-0.3, -0.25) is 4.90 Å². The maximum absolute atomic E-state index is 5.90. The van der Waals surface area contributed by atoms with E-state index in [2.05, 4.69) is 22.2 Å². The van der Waals surface area contributed by atoms with Crippen molar-refractivity contribution in [2.75, 3.05) is 13.7 Å². The third kappa shape index (κ3) is 2.60. The fourth-order valence-electron chi connectivity index (χ4n) is 2.38. The molecule has 2 aromatic rings. The predicted molar refractivity (Wildman–Crippen MR) is 72.3 cm³/mol. The van der Waals surface area contributed by atoms with Gasteiger partial charge in [-0.2, -0.15) is 0 Å². The van der Waals surface area contributed by atoms with Crippen LogP contribution >= 0.6 is 11.6 Å². The van der Waals surface area contributed by atoms with Crippen molar-refractivity contribution < 1.29 is 9.26 Å². The van der Waals surface area contributed by atoms with Crippen LogP contribution in [0.4, 0.5) is 0 Å². The van der Waals surface area contributed by atoms with Crippen LogP contribution in [0.5, 0.6) is 5.88 Å². The Morgan fingerprint density at radius 3 is 2.89 bits per heavy atom. The summed E-state index contributed by atoms with van der Waals surface area (Å²) in [6.07, 6.45) is 0.874. The second kappa shape index (κ2) is 5.23. The van der Waals surface area contributed by atoms with Crippen LogP contribution in [0.25, 0.3) is 0 Å². The van der Waals surface area contributed by atoms with Crippen LogP contribution in [0.3, 0.4) is 0 Å². The molecule has 0 bridgehead atoms. The number of hydrogen-bond donors (Lipinski definition) is 0. The topological polar surface area (TPSA) is 38.5 Å². The summed E-state index contributed by atoms with van der Waals surface area (Å²) in [6.45, 7) is 2.67. The molecule has 3 rings (SSSR count). The molecule has 0 aliphatic carbocycles. The molecule has 0 fully saturated rings. The van der Waals surface area contributed by atoms with Gasteiger partial charge in [0.1, 0.15) is 5.76 Å². The Balaban J connectivity index is 1.73. The van der Waals surface area contributed by atoms with Crippen molar-refractivity contribution in [3.63, 3.8) is 0 Å². The van der Waals surface area contributed by atoms with Gasteiger partial charge in [-0.15, -0.1) is 0 Å². The van der Waals surface area contributed by atoms with E-state index in [1.165, 1.54) is 5.56 Å². The molecule has 1 aromatic carbocycles. The van der Waals surface area contributed by atoms with Crippen molar-refractivity contribution in [1.82, 2.24) is 10.1 Å². The maximum Gasteiger partial charge on any atom is 0.258 e. The third-order valence-corrected chi connectivity index (χ3v) is 3.64. The Hall–Kier alpha value is -1.52. The van der Waals surface area contributed by atoms with E-state index in [0.717, 1.165) is 42.4 Å². The molecule has 0 atom stereocenters. The van der Waals surface area contributed by atoms with Gasteiger partial charge >= 0.3 is 0 Å². The van der Waals surface area contributed by atoms with Gasteiger partial charge in [0, 0.05) is 31.1 Å². The van der Waals surface area contributed by atoms with Gasteiger partial charge in [-0.25, -0.2) is 0 Å². The Morgan fingerprint density at radius 2 is 2.16 bits per heavy atom. The zero-order chi connectivity index (χ0) is 13.2. The molecule has 0 N–H and O–H groups in total. The lowest BCUT2D eigenvalue weighted by Gasteiger charge is -2.25. The van der Waals surface area contributed by atoms with Crippen LogP contribution < -0.4 is 4.74 Å². The van der Waals surface area contributed by atoms with E-state index in [1.54, 1.807) is 7.11 Å². The van der Waals surface area contributed by atoms with E-state index in [-0.39, 0.29) is 0 Å². The smallest absolute Gasteiger partial charge is 0.258 e. The number of ether oxygens (including phenoxy) is 1. The number of nitrogens with zero attached hydrogens (tertiary/aromatic N) is 2. The van der Waals surface area contributed by atoms with E-state index >= 15 is 0 Å². The summed E-state index contributed by atoms with van der Waals surface area (Å²) in [5, 5.41) is 4.70. The highest BCUT2D eigenvalue weighted by Crippen LogP contribution is 2.28. The number of methoxy groups -OCH3 is 1. The van der Waals surface area contributed by atoms with Crippen molar-refractivity contribution in [2.24, 2.45) is 0 Å². The van der Waals surface area contributed by atoms with Gasteiger partial charge in [0.2, 0.25) is 0 Å². The number of fused-ring (bicyclic) bond motifs is 1. The van der Waals surface area contributed by atoms with Gasteiger partial charge in [-0.05, 0) is 22.9 Å². The Morgan fingerprint density at radius 1 is 1.37 bits per heavy atom. The molecule has 2 heterocycles. The molecule has 1 aliphatic rings. The lowest BCUT2D eigenvalue weighted by molar-refractivity contribution is 0.228. The monoisotopic (exact) mass is 278 g/mol. The van der Waals surface area contributed by atoms with Gasteiger partial charge < -0.3 is 9.26 Å². The molecule has 19 heavy (non-hydrogen) atoms. The minimum absolute atomic E-state index is 0.607. The third-order valence-electron chi connectivity index (χ3n) is 3.38. The number of aromatic nitrogens is 1. The SMILES string of the molecule is COc1noc2c1CN(Cc1ccc(Cl)cc1)CC2. The van der Waals surface area contributed by atoms with Crippen LogP contribution in [0.2, 0.25) is 5.02 Å². The summed E-state index contributed by atoms with van der Waals surface area (Å²) in [6, 6.07) is 7.96. The van der Waals surface area contributed by atoms with Crippen LogP contribution in [-0.4, -0.2) is 23.7 Å². The van der Waals surface area contributed by atoms with Crippen LogP contribution in [0.15, 0.2) is 28.8 Å². The highest BCUT2D eigenvalue weighted by atomic mass is 35.5. The summed E-state index contributed by atoms with van der Waals surface area (Å²) >= 11 is 5.90. The minimum Gasteiger partial charge on any atom is -0.479 e. The number of halogens is 1. The highest BCUT2D eigenvalue weighted by molar-refractivity contribution is 6.30. The highest BCUT2D eigenvalue weighted by Gasteiger charge is 2.24. The van der Waals surface area contributed by atoms with E-state index < -0.39 is 0 Å². The van der Waals surface area contributed by atoms with Gasteiger partial charge in [0.15, 0.2) is 0 Å². The van der Waals surface area contributed by atoms with E-state index in [4.69, 9.17) is 20.9 Å². The van der Waals surface area contributed by atoms with Crippen molar-refractivity contribution in [3.05, 3.63) is 46.2 Å². The zero-order valence-corrected chi connectivity index (χ0v) is 11.5. The first kappa shape index (κ1) is 12.5. The molecular formula is C14H15ClN2O2. The zero-order valence-electron chi connectivity index (χ0n) is 10.7. The summed E-state index contributed by atoms with van der Waals surface area (Å²) < 4.78 is 10.5. The molecule has 1 aliphatic heterocycles. The molecule has 1 aromatic heterocycles. The van der Waals surface area contributed by atoms with Crippen molar-refractivity contribution in [1.29, 1.82) is 0 Å². The second-order valence-electron chi connectivity index (χ2n) is 4.68. The molecule has 4 nitrogen and oxygen atoms in total. The molecule has 100 valence electrons. The molecule has 0 spiro atoms. The van der Waals surface area contributed by atoms with Crippen molar-refractivity contribution in [3.8, 4) is 5.88 Å². The summed E-state index contributed by atoms with van der Waals surface area (Å²) in [5.74, 6) is 1.56. The first-order valence-electron chi connectivity index (χ1n) is 6.24. The van der Waals surface area contributed by atoms with Crippen LogP contribution in [0.1, 0.15) is 16.9 Å². The van der Waals surface area contributed by atoms with Crippen molar-refractivity contribution in [2.45, 2.75) is 19.5 Å². The number of rotatable bonds is 3. The average molecular weight is 279 g/mol. The Labute approximate surface area is 116 Å². The maximum atomic E-state index is 5.90. The molecule has 5 heteroatoms. The molecule has 0 unspecified atom stereocenters. The van der Waals surface area contributed by atoms with Gasteiger partial charge in [0.05, 0.1) is 12.7 Å². The summed E-state index contributed by atoms with van der Waals surface area (Å²) in [5.41, 5.74) is 2.32. The van der Waals surface area contributed by atoms with E-state index in [1.807, 2.05) is 12.1 Å². The average Bonchev–Trinajstić information content (AvgIpc) is 2.84. The summed E-state index contributed by atoms with van der Waals surface area (Å²) in [7, 11) is 1.62. The van der Waals surface area contributed by atoms with Gasteiger partial charge in [-0.1, -0.05) is 23.7 Å². The van der Waals surface area contributed by atoms with E-state index in [0.29, 0.717) is 5.88 Å². The van der Waals surface area contributed by atoms with Crippen LogP contribution in [0, 0.1) is 0 Å². The first-order valence-corrected chi connectivity index (χ1v) is 6.62. The molecule has 0 amide bonds. The first-order chi connectivity index (χ1) is 9.26. The molecule has 0 radical (unpaired) electrons. The number of benzene rings is 1. The quantitative estimate of drug-likeness (QED) is 0.865. The van der Waals surface area contributed by atoms with Gasteiger partial charge in [0.25, 0.3) is 5.88 Å². The predicted octanol–water partition coefficient (Wildman–Crippen LogP) is 2.89. The molecule has 0 saturated carbocycles. The lowest BCUT2D eigenvalue weighted by Crippen LogP contribution is -2.29. The molecular weight excluding hydrogens is 264 g/mol. The summed E-state index contributed by atoms with van der Waals surface area (Å²) in [4.78, 5) is 2.35.